The fourth-order valence-corrected chi connectivity index (χ4v) is 4.10. The van der Waals surface area contributed by atoms with Crippen molar-refractivity contribution in [1.82, 2.24) is 9.88 Å². The molecule has 0 aliphatic carbocycles. The van der Waals surface area contributed by atoms with E-state index in [1.54, 1.807) is 73.8 Å². The van der Waals surface area contributed by atoms with E-state index in [-0.39, 0.29) is 25.1 Å². The Labute approximate surface area is 220 Å². The molecule has 4 amide bonds. The van der Waals surface area contributed by atoms with Gasteiger partial charge in [0.25, 0.3) is 5.91 Å². The highest BCUT2D eigenvalue weighted by molar-refractivity contribution is 6.22. The smallest absolute Gasteiger partial charge is 0.338 e. The Morgan fingerprint density at radius 1 is 0.974 bits per heavy atom. The third kappa shape index (κ3) is 5.97. The number of aromatic nitrogens is 1. The molecule has 3 aromatic rings. The zero-order valence-electron chi connectivity index (χ0n) is 21.1. The predicted octanol–water partition coefficient (Wildman–Crippen LogP) is 4.02. The average molecular weight is 517 g/mol. The topological polar surface area (TPSA) is 118 Å². The van der Waals surface area contributed by atoms with Crippen LogP contribution in [0.15, 0.2) is 72.9 Å². The first-order chi connectivity index (χ1) is 18.4. The minimum absolute atomic E-state index is 0.0508. The van der Waals surface area contributed by atoms with E-state index < -0.39 is 29.9 Å². The van der Waals surface area contributed by atoms with Crippen LogP contribution in [-0.4, -0.2) is 53.0 Å². The molecule has 1 aliphatic rings. The fourth-order valence-electron chi connectivity index (χ4n) is 4.10. The van der Waals surface area contributed by atoms with Crippen LogP contribution >= 0.6 is 0 Å². The van der Waals surface area contributed by atoms with E-state index in [4.69, 9.17) is 9.47 Å². The van der Waals surface area contributed by atoms with Gasteiger partial charge in [0.15, 0.2) is 0 Å². The number of pyridine rings is 1. The van der Waals surface area contributed by atoms with E-state index in [9.17, 15) is 19.2 Å². The van der Waals surface area contributed by atoms with Crippen LogP contribution in [0.25, 0.3) is 0 Å². The first kappa shape index (κ1) is 26.3. The Hall–Kier alpha value is -4.73. The van der Waals surface area contributed by atoms with Crippen LogP contribution in [0.5, 0.6) is 5.75 Å². The molecule has 1 N–H and O–H groups in total. The van der Waals surface area contributed by atoms with Crippen molar-refractivity contribution in [2.75, 3.05) is 23.4 Å². The summed E-state index contributed by atoms with van der Waals surface area (Å²) in [5.74, 6) is -0.906. The third-order valence-electron chi connectivity index (χ3n) is 5.82. The summed E-state index contributed by atoms with van der Waals surface area (Å²) in [5.41, 5.74) is 1.61. The summed E-state index contributed by atoms with van der Waals surface area (Å²) in [5, 5.41) is 2.71. The number of hydrogen-bond acceptors (Lipinski definition) is 7. The molecule has 0 bridgehead atoms. The molecule has 1 saturated heterocycles. The monoisotopic (exact) mass is 516 g/mol. The molecule has 1 unspecified atom stereocenters. The maximum atomic E-state index is 13.5. The van der Waals surface area contributed by atoms with Gasteiger partial charge in [-0.3, -0.25) is 14.6 Å². The second kappa shape index (κ2) is 12.0. The number of esters is 1. The summed E-state index contributed by atoms with van der Waals surface area (Å²) in [6.07, 6.45) is 1.31. The van der Waals surface area contributed by atoms with Gasteiger partial charge in [-0.1, -0.05) is 12.1 Å². The standard InChI is InChI=1S/C28H28N4O6/c1-3-37-23-13-11-22(12-14-23)32-26(34)24(31(28(32)36)18-21-9-5-6-15-29-21)17-25(33)30-20-10-7-8-19(16-20)27(35)38-4-2/h5-16,24H,3-4,17-18H2,1-2H3,(H,30,33). The predicted molar refractivity (Wildman–Crippen MR) is 140 cm³/mol. The summed E-state index contributed by atoms with van der Waals surface area (Å²) < 4.78 is 10.5. The third-order valence-corrected chi connectivity index (χ3v) is 5.82. The number of anilines is 2. The van der Waals surface area contributed by atoms with Gasteiger partial charge in [-0.2, -0.15) is 0 Å². The molecule has 0 spiro atoms. The highest BCUT2D eigenvalue weighted by Crippen LogP contribution is 2.29. The van der Waals surface area contributed by atoms with Crippen molar-refractivity contribution in [1.29, 1.82) is 0 Å². The van der Waals surface area contributed by atoms with Crippen LogP contribution in [-0.2, 0) is 20.9 Å². The zero-order valence-corrected chi connectivity index (χ0v) is 21.1. The second-order valence-electron chi connectivity index (χ2n) is 8.40. The summed E-state index contributed by atoms with van der Waals surface area (Å²) in [6, 6.07) is 16.6. The van der Waals surface area contributed by atoms with Gasteiger partial charge < -0.3 is 19.7 Å². The number of hydrogen-bond donors (Lipinski definition) is 1. The molecule has 2 aromatic carbocycles. The number of urea groups is 1. The lowest BCUT2D eigenvalue weighted by Crippen LogP contribution is -2.37. The number of amides is 4. The molecule has 10 nitrogen and oxygen atoms in total. The van der Waals surface area contributed by atoms with Crippen molar-refractivity contribution in [2.24, 2.45) is 0 Å². The Morgan fingerprint density at radius 2 is 1.76 bits per heavy atom. The lowest BCUT2D eigenvalue weighted by atomic mass is 10.1. The summed E-state index contributed by atoms with van der Waals surface area (Å²) >= 11 is 0. The van der Waals surface area contributed by atoms with Gasteiger partial charge in [0.1, 0.15) is 11.8 Å². The van der Waals surface area contributed by atoms with Crippen LogP contribution < -0.4 is 15.0 Å². The van der Waals surface area contributed by atoms with Crippen LogP contribution in [0.3, 0.4) is 0 Å². The van der Waals surface area contributed by atoms with Gasteiger partial charge in [-0.15, -0.1) is 0 Å². The summed E-state index contributed by atoms with van der Waals surface area (Å²) in [4.78, 5) is 58.7. The number of ether oxygens (including phenoxy) is 2. The van der Waals surface area contributed by atoms with E-state index in [1.165, 1.54) is 11.0 Å². The lowest BCUT2D eigenvalue weighted by molar-refractivity contribution is -0.124. The molecule has 4 rings (SSSR count). The van der Waals surface area contributed by atoms with Crippen molar-refractivity contribution < 1.29 is 28.7 Å². The van der Waals surface area contributed by atoms with Gasteiger partial charge in [0, 0.05) is 11.9 Å². The summed E-state index contributed by atoms with van der Waals surface area (Å²) in [7, 11) is 0. The van der Waals surface area contributed by atoms with E-state index in [2.05, 4.69) is 10.3 Å². The van der Waals surface area contributed by atoms with Gasteiger partial charge in [0.2, 0.25) is 5.91 Å². The van der Waals surface area contributed by atoms with Crippen molar-refractivity contribution in [3.8, 4) is 5.75 Å². The Bertz CT molecular complexity index is 1310. The zero-order chi connectivity index (χ0) is 27.1. The molecule has 1 fully saturated rings. The van der Waals surface area contributed by atoms with Crippen molar-refractivity contribution in [2.45, 2.75) is 32.9 Å². The quantitative estimate of drug-likeness (QED) is 0.319. The molecule has 38 heavy (non-hydrogen) atoms. The fraction of sp³-hybridized carbons (Fsp3) is 0.250. The van der Waals surface area contributed by atoms with Crippen molar-refractivity contribution in [3.05, 3.63) is 84.2 Å². The number of nitrogens with one attached hydrogen (secondary N) is 1. The van der Waals surface area contributed by atoms with Gasteiger partial charge in [0.05, 0.1) is 43.1 Å². The first-order valence-electron chi connectivity index (χ1n) is 12.3. The molecule has 0 saturated carbocycles. The molecule has 10 heteroatoms. The maximum Gasteiger partial charge on any atom is 0.338 e. The largest absolute Gasteiger partial charge is 0.494 e. The average Bonchev–Trinajstić information content (AvgIpc) is 3.14. The molecule has 1 aliphatic heterocycles. The minimum Gasteiger partial charge on any atom is -0.494 e. The van der Waals surface area contributed by atoms with E-state index >= 15 is 0 Å². The summed E-state index contributed by atoms with van der Waals surface area (Å²) in [6.45, 7) is 4.33. The number of benzene rings is 2. The molecule has 196 valence electrons. The highest BCUT2D eigenvalue weighted by atomic mass is 16.5. The van der Waals surface area contributed by atoms with Gasteiger partial charge in [-0.25, -0.2) is 14.5 Å². The molecular weight excluding hydrogens is 488 g/mol. The van der Waals surface area contributed by atoms with Crippen LogP contribution in [0.2, 0.25) is 0 Å². The number of carbonyl (C=O) groups excluding carboxylic acids is 4. The van der Waals surface area contributed by atoms with Crippen molar-refractivity contribution >= 4 is 35.2 Å². The first-order valence-corrected chi connectivity index (χ1v) is 12.3. The van der Waals surface area contributed by atoms with E-state index in [1.807, 2.05) is 6.92 Å². The molecule has 1 aromatic heterocycles. The molecule has 0 radical (unpaired) electrons. The maximum absolute atomic E-state index is 13.5. The van der Waals surface area contributed by atoms with Crippen LogP contribution in [0.1, 0.15) is 36.3 Å². The number of rotatable bonds is 10. The van der Waals surface area contributed by atoms with E-state index in [0.29, 0.717) is 29.4 Å². The Kier molecular flexibility index (Phi) is 8.32. The van der Waals surface area contributed by atoms with E-state index in [0.717, 1.165) is 4.90 Å². The molecule has 1 atom stereocenters. The number of imide groups is 1. The molecule has 2 heterocycles. The number of carbonyl (C=O) groups is 4. The second-order valence-corrected chi connectivity index (χ2v) is 8.40. The minimum atomic E-state index is -1.05. The Morgan fingerprint density at radius 3 is 2.45 bits per heavy atom. The van der Waals surface area contributed by atoms with Crippen LogP contribution in [0.4, 0.5) is 16.2 Å². The Balaban J connectivity index is 1.56. The van der Waals surface area contributed by atoms with Crippen LogP contribution in [0, 0.1) is 0 Å². The van der Waals surface area contributed by atoms with Gasteiger partial charge in [-0.05, 0) is 68.4 Å². The molecular formula is C28H28N4O6. The number of nitrogens with zero attached hydrogens (tertiary/aromatic N) is 3. The van der Waals surface area contributed by atoms with Gasteiger partial charge >= 0.3 is 12.0 Å². The SMILES string of the molecule is CCOC(=O)c1cccc(NC(=O)CC2C(=O)N(c3ccc(OCC)cc3)C(=O)N2Cc2ccccn2)c1. The normalized spacial score (nSPS) is 14.9. The van der Waals surface area contributed by atoms with Crippen molar-refractivity contribution in [3.63, 3.8) is 0 Å². The highest BCUT2D eigenvalue weighted by Gasteiger charge is 2.46. The lowest BCUT2D eigenvalue weighted by Gasteiger charge is -2.21.